The molecule has 30 heavy (non-hydrogen) atoms. The van der Waals surface area contributed by atoms with Crippen LogP contribution in [0.15, 0.2) is 126 Å². The van der Waals surface area contributed by atoms with E-state index in [4.69, 9.17) is 4.99 Å². The van der Waals surface area contributed by atoms with Crippen LogP contribution in [0.3, 0.4) is 0 Å². The molecule has 0 bridgehead atoms. The lowest BCUT2D eigenvalue weighted by molar-refractivity contribution is 0.726. The molecule has 4 aromatic carbocycles. The smallest absolute Gasteiger partial charge is 0.0707 e. The Morgan fingerprint density at radius 1 is 0.567 bits per heavy atom. The Kier molecular flexibility index (Phi) is 4.65. The lowest BCUT2D eigenvalue weighted by atomic mass is 9.63. The van der Waals surface area contributed by atoms with Crippen LogP contribution < -0.4 is 0 Å². The first-order valence-corrected chi connectivity index (χ1v) is 10.3. The average Bonchev–Trinajstić information content (AvgIpc) is 2.95. The van der Waals surface area contributed by atoms with E-state index >= 15 is 0 Å². The molecule has 1 aliphatic rings. The molecule has 0 radical (unpaired) electrons. The monoisotopic (exact) mass is 385 g/mol. The minimum atomic E-state index is -0.430. The van der Waals surface area contributed by atoms with Crippen LogP contribution in [-0.4, -0.2) is 6.21 Å². The number of allylic oxidation sites excluding steroid dienone is 1. The van der Waals surface area contributed by atoms with Gasteiger partial charge in [0.25, 0.3) is 0 Å². The molecule has 0 spiro atoms. The Hall–Kier alpha value is -3.71. The minimum Gasteiger partial charge on any atom is -0.256 e. The predicted molar refractivity (Wildman–Crippen MR) is 126 cm³/mol. The molecule has 0 fully saturated rings. The van der Waals surface area contributed by atoms with Gasteiger partial charge in [0.05, 0.1) is 11.1 Å². The van der Waals surface area contributed by atoms with Gasteiger partial charge in [-0.3, -0.25) is 4.99 Å². The van der Waals surface area contributed by atoms with E-state index < -0.39 is 5.41 Å². The third-order valence-corrected chi connectivity index (χ3v) is 6.08. The Labute approximate surface area is 178 Å². The van der Waals surface area contributed by atoms with Gasteiger partial charge in [-0.05, 0) is 34.8 Å². The summed E-state index contributed by atoms with van der Waals surface area (Å²) >= 11 is 0. The minimum absolute atomic E-state index is 0.430. The number of nitrogens with zero attached hydrogens (tertiary/aromatic N) is 1. The lowest BCUT2D eigenvalue weighted by Gasteiger charge is -2.38. The van der Waals surface area contributed by atoms with Gasteiger partial charge in [0.1, 0.15) is 0 Å². The highest BCUT2D eigenvalue weighted by Gasteiger charge is 2.41. The second-order valence-electron chi connectivity index (χ2n) is 7.67. The summed E-state index contributed by atoms with van der Waals surface area (Å²) in [5.41, 5.74) is 7.87. The zero-order chi connectivity index (χ0) is 20.4. The van der Waals surface area contributed by atoms with Gasteiger partial charge in [0.2, 0.25) is 0 Å². The third kappa shape index (κ3) is 2.83. The van der Waals surface area contributed by atoms with Crippen molar-refractivity contribution in [1.82, 2.24) is 0 Å². The summed E-state index contributed by atoms with van der Waals surface area (Å²) < 4.78 is 0. The van der Waals surface area contributed by atoms with Crippen molar-refractivity contribution in [3.05, 3.63) is 149 Å². The first-order chi connectivity index (χ1) is 14.8. The fourth-order valence-corrected chi connectivity index (χ4v) is 4.74. The van der Waals surface area contributed by atoms with Crippen LogP contribution in [0.1, 0.15) is 34.7 Å². The van der Waals surface area contributed by atoms with E-state index in [-0.39, 0.29) is 0 Å². The maximum Gasteiger partial charge on any atom is 0.0707 e. The van der Waals surface area contributed by atoms with E-state index in [2.05, 4.69) is 122 Å². The summed E-state index contributed by atoms with van der Waals surface area (Å²) in [5.74, 6) is 0. The zero-order valence-electron chi connectivity index (χ0n) is 17.0. The number of hydrogen-bond donors (Lipinski definition) is 0. The largest absolute Gasteiger partial charge is 0.256 e. The van der Waals surface area contributed by atoms with Crippen molar-refractivity contribution in [2.45, 2.75) is 12.3 Å². The highest BCUT2D eigenvalue weighted by atomic mass is 14.8. The number of benzene rings is 4. The second kappa shape index (κ2) is 7.61. The highest BCUT2D eigenvalue weighted by molar-refractivity contribution is 5.92. The summed E-state index contributed by atoms with van der Waals surface area (Å²) in [4.78, 5) is 5.02. The van der Waals surface area contributed by atoms with Gasteiger partial charge in [-0.2, -0.15) is 0 Å². The Morgan fingerprint density at radius 2 is 1.07 bits per heavy atom. The molecule has 1 heterocycles. The third-order valence-electron chi connectivity index (χ3n) is 6.08. The van der Waals surface area contributed by atoms with Crippen molar-refractivity contribution >= 4 is 11.9 Å². The van der Waals surface area contributed by atoms with E-state index in [9.17, 15) is 0 Å². The summed E-state index contributed by atoms with van der Waals surface area (Å²) in [6.07, 6.45) is 2.02. The molecule has 1 aliphatic heterocycles. The van der Waals surface area contributed by atoms with Gasteiger partial charge in [0, 0.05) is 11.8 Å². The number of hydrogen-bond acceptors (Lipinski definition) is 1. The molecule has 5 rings (SSSR count). The van der Waals surface area contributed by atoms with Crippen molar-refractivity contribution in [2.24, 2.45) is 4.99 Å². The maximum atomic E-state index is 5.02. The van der Waals surface area contributed by atoms with Gasteiger partial charge < -0.3 is 0 Å². The molecule has 0 amide bonds. The highest BCUT2D eigenvalue weighted by Crippen LogP contribution is 2.49. The molecule has 0 aromatic heterocycles. The van der Waals surface area contributed by atoms with Gasteiger partial charge in [-0.1, -0.05) is 115 Å². The van der Waals surface area contributed by atoms with Crippen molar-refractivity contribution in [3.8, 4) is 0 Å². The molecule has 0 saturated heterocycles. The molecule has 0 N–H and O–H groups in total. The standard InChI is InChI=1S/C29H23N/c1-22-28(23-13-5-2-6-14-23)30-21-24-15-11-12-20-27(24)29(22,25-16-7-3-8-17-25)26-18-9-4-10-19-26/h2-21H,1H3. The summed E-state index contributed by atoms with van der Waals surface area (Å²) in [5, 5.41) is 0. The Bertz CT molecular complexity index is 1180. The van der Waals surface area contributed by atoms with Gasteiger partial charge in [0.15, 0.2) is 0 Å². The van der Waals surface area contributed by atoms with Crippen molar-refractivity contribution in [1.29, 1.82) is 0 Å². The molecule has 0 unspecified atom stereocenters. The van der Waals surface area contributed by atoms with Crippen LogP contribution in [0.4, 0.5) is 0 Å². The van der Waals surface area contributed by atoms with E-state index in [0.717, 1.165) is 16.8 Å². The predicted octanol–water partition coefficient (Wildman–Crippen LogP) is 6.88. The number of rotatable bonds is 3. The van der Waals surface area contributed by atoms with Gasteiger partial charge >= 0.3 is 0 Å². The molecule has 4 aromatic rings. The van der Waals surface area contributed by atoms with Crippen LogP contribution in [0.25, 0.3) is 5.70 Å². The molecule has 0 aliphatic carbocycles. The first-order valence-electron chi connectivity index (χ1n) is 10.3. The normalized spacial score (nSPS) is 14.8. The van der Waals surface area contributed by atoms with E-state index in [1.807, 2.05) is 6.21 Å². The summed E-state index contributed by atoms with van der Waals surface area (Å²) in [6, 6.07) is 40.8. The van der Waals surface area contributed by atoms with Gasteiger partial charge in [-0.25, -0.2) is 0 Å². The van der Waals surface area contributed by atoms with Crippen LogP contribution >= 0.6 is 0 Å². The molecular formula is C29H23N. The fraction of sp³-hybridized carbons (Fsp3) is 0.0690. The molecular weight excluding hydrogens is 362 g/mol. The molecule has 1 nitrogen and oxygen atoms in total. The number of aliphatic imine (C=N–C) groups is 1. The summed E-state index contributed by atoms with van der Waals surface area (Å²) in [7, 11) is 0. The molecule has 1 heteroatoms. The van der Waals surface area contributed by atoms with Crippen molar-refractivity contribution in [3.63, 3.8) is 0 Å². The van der Waals surface area contributed by atoms with Crippen LogP contribution in [0.5, 0.6) is 0 Å². The Balaban J connectivity index is 1.96. The molecule has 0 saturated carbocycles. The fourth-order valence-electron chi connectivity index (χ4n) is 4.74. The summed E-state index contributed by atoms with van der Waals surface area (Å²) in [6.45, 7) is 2.24. The quantitative estimate of drug-likeness (QED) is 0.364. The van der Waals surface area contributed by atoms with E-state index in [1.165, 1.54) is 22.3 Å². The van der Waals surface area contributed by atoms with Crippen LogP contribution in [-0.2, 0) is 5.41 Å². The Morgan fingerprint density at radius 3 is 1.67 bits per heavy atom. The van der Waals surface area contributed by atoms with E-state index in [1.54, 1.807) is 0 Å². The second-order valence-corrected chi connectivity index (χ2v) is 7.67. The van der Waals surface area contributed by atoms with Gasteiger partial charge in [-0.15, -0.1) is 0 Å². The SMILES string of the molecule is CC1=C(c2ccccc2)N=Cc2ccccc2C1(c1ccccc1)c1ccccc1. The zero-order valence-corrected chi connectivity index (χ0v) is 17.0. The number of fused-ring (bicyclic) bond motifs is 1. The molecule has 0 atom stereocenters. The average molecular weight is 386 g/mol. The maximum absolute atomic E-state index is 5.02. The van der Waals surface area contributed by atoms with E-state index in [0.29, 0.717) is 0 Å². The van der Waals surface area contributed by atoms with Crippen molar-refractivity contribution < 1.29 is 0 Å². The van der Waals surface area contributed by atoms with Crippen LogP contribution in [0.2, 0.25) is 0 Å². The molecule has 144 valence electrons. The first kappa shape index (κ1) is 18.3. The van der Waals surface area contributed by atoms with Crippen molar-refractivity contribution in [2.75, 3.05) is 0 Å². The lowest BCUT2D eigenvalue weighted by Crippen LogP contribution is -2.32. The van der Waals surface area contributed by atoms with Crippen LogP contribution in [0, 0.1) is 0 Å². The topological polar surface area (TPSA) is 12.4 Å².